The van der Waals surface area contributed by atoms with E-state index in [1.165, 1.54) is 0 Å². The number of aryl methyl sites for hydroxylation is 1. The van der Waals surface area contributed by atoms with Crippen LogP contribution in [0.4, 0.5) is 0 Å². The maximum atomic E-state index is 12.4. The molecule has 0 N–H and O–H groups in total. The van der Waals surface area contributed by atoms with Crippen LogP contribution in [0, 0.1) is 12.8 Å². The van der Waals surface area contributed by atoms with Crippen molar-refractivity contribution in [2.24, 2.45) is 5.92 Å². The van der Waals surface area contributed by atoms with Crippen molar-refractivity contribution < 1.29 is 9.21 Å². The third kappa shape index (κ3) is 2.92. The highest BCUT2D eigenvalue weighted by Gasteiger charge is 2.35. The van der Waals surface area contributed by atoms with Crippen molar-refractivity contribution in [1.29, 1.82) is 0 Å². The molecule has 0 unspecified atom stereocenters. The van der Waals surface area contributed by atoms with E-state index in [9.17, 15) is 4.79 Å². The molecule has 1 amide bonds. The quantitative estimate of drug-likeness (QED) is 0.851. The minimum absolute atomic E-state index is 0.0319. The number of halogens is 1. The zero-order valence-corrected chi connectivity index (χ0v) is 12.1. The molecule has 1 aliphatic carbocycles. The number of hydrogen-bond donors (Lipinski definition) is 0. The summed E-state index contributed by atoms with van der Waals surface area (Å²) < 4.78 is 6.07. The lowest BCUT2D eigenvalue weighted by molar-refractivity contribution is 0.0687. The van der Waals surface area contributed by atoms with Crippen LogP contribution in [0.15, 0.2) is 15.2 Å². The van der Waals surface area contributed by atoms with Gasteiger partial charge in [0.25, 0.3) is 5.91 Å². The van der Waals surface area contributed by atoms with Crippen molar-refractivity contribution in [2.45, 2.75) is 39.7 Å². The highest BCUT2D eigenvalue weighted by Crippen LogP contribution is 2.30. The number of nitrogens with zero attached hydrogens (tertiary/aromatic N) is 1. The molecule has 3 nitrogen and oxygen atoms in total. The number of furan rings is 1. The first-order valence-electron chi connectivity index (χ1n) is 6.06. The van der Waals surface area contributed by atoms with Gasteiger partial charge in [-0.3, -0.25) is 4.79 Å². The Morgan fingerprint density at radius 2 is 2.24 bits per heavy atom. The topological polar surface area (TPSA) is 33.5 Å². The Morgan fingerprint density at radius 1 is 1.59 bits per heavy atom. The normalized spacial score (nSPS) is 15.4. The first kappa shape index (κ1) is 12.7. The van der Waals surface area contributed by atoms with Crippen molar-refractivity contribution >= 4 is 21.8 Å². The van der Waals surface area contributed by atoms with Crippen LogP contribution in [0.1, 0.15) is 42.8 Å². The molecule has 0 saturated heterocycles. The summed E-state index contributed by atoms with van der Waals surface area (Å²) in [6.45, 7) is 6.98. The van der Waals surface area contributed by atoms with Crippen LogP contribution in [0.5, 0.6) is 0 Å². The van der Waals surface area contributed by atoms with Crippen LogP contribution in [-0.4, -0.2) is 23.4 Å². The minimum Gasteiger partial charge on any atom is -0.444 e. The van der Waals surface area contributed by atoms with Crippen molar-refractivity contribution in [3.63, 3.8) is 0 Å². The second-order valence-electron chi connectivity index (χ2n) is 5.15. The summed E-state index contributed by atoms with van der Waals surface area (Å²) in [6.07, 6.45) is 2.25. The Kier molecular flexibility index (Phi) is 3.61. The molecule has 94 valence electrons. The van der Waals surface area contributed by atoms with Gasteiger partial charge in [-0.05, 0) is 47.7 Å². The number of carbonyl (C=O) groups is 1. The van der Waals surface area contributed by atoms with Gasteiger partial charge in [0.1, 0.15) is 0 Å². The highest BCUT2D eigenvalue weighted by molar-refractivity contribution is 9.10. The first-order chi connectivity index (χ1) is 7.99. The van der Waals surface area contributed by atoms with E-state index >= 15 is 0 Å². The molecule has 0 atom stereocenters. The van der Waals surface area contributed by atoms with Crippen molar-refractivity contribution in [1.82, 2.24) is 4.90 Å². The Labute approximate surface area is 110 Å². The lowest BCUT2D eigenvalue weighted by Gasteiger charge is -2.23. The standard InChI is InChI=1S/C13H18BrNO2/c1-8(2)7-15(10-4-5-10)13(16)12-9(3)6-11(14)17-12/h6,8,10H,4-5,7H2,1-3H3. The molecule has 1 heterocycles. The summed E-state index contributed by atoms with van der Waals surface area (Å²) in [7, 11) is 0. The fourth-order valence-corrected chi connectivity index (χ4v) is 2.47. The maximum Gasteiger partial charge on any atom is 0.290 e. The van der Waals surface area contributed by atoms with Gasteiger partial charge in [-0.25, -0.2) is 0 Å². The molecule has 1 aromatic rings. The fourth-order valence-electron chi connectivity index (χ4n) is 1.96. The maximum absolute atomic E-state index is 12.4. The van der Waals surface area contributed by atoms with E-state index in [0.29, 0.717) is 22.4 Å². The van der Waals surface area contributed by atoms with Gasteiger partial charge in [0.15, 0.2) is 10.4 Å². The SMILES string of the molecule is Cc1cc(Br)oc1C(=O)N(CC(C)C)C1CC1. The molecule has 0 radical (unpaired) electrons. The zero-order chi connectivity index (χ0) is 12.6. The highest BCUT2D eigenvalue weighted by atomic mass is 79.9. The van der Waals surface area contributed by atoms with E-state index < -0.39 is 0 Å². The smallest absolute Gasteiger partial charge is 0.290 e. The summed E-state index contributed by atoms with van der Waals surface area (Å²) in [4.78, 5) is 14.4. The van der Waals surface area contributed by atoms with Crippen molar-refractivity contribution in [2.75, 3.05) is 6.54 Å². The number of amides is 1. The van der Waals surface area contributed by atoms with E-state index in [2.05, 4.69) is 29.8 Å². The second kappa shape index (κ2) is 4.84. The zero-order valence-electron chi connectivity index (χ0n) is 10.5. The van der Waals surface area contributed by atoms with E-state index in [4.69, 9.17) is 4.42 Å². The molecule has 1 aliphatic rings. The summed E-state index contributed by atoms with van der Waals surface area (Å²) >= 11 is 3.27. The van der Waals surface area contributed by atoms with Crippen molar-refractivity contribution in [3.8, 4) is 0 Å². The Morgan fingerprint density at radius 3 is 2.65 bits per heavy atom. The molecule has 4 heteroatoms. The third-order valence-corrected chi connectivity index (χ3v) is 3.28. The van der Waals surface area contributed by atoms with E-state index in [-0.39, 0.29) is 5.91 Å². The van der Waals surface area contributed by atoms with E-state index in [1.807, 2.05) is 17.9 Å². The third-order valence-electron chi connectivity index (χ3n) is 2.89. The summed E-state index contributed by atoms with van der Waals surface area (Å²) in [6, 6.07) is 2.27. The Balaban J connectivity index is 2.18. The van der Waals surface area contributed by atoms with Crippen LogP contribution in [-0.2, 0) is 0 Å². The number of hydrogen-bond acceptors (Lipinski definition) is 2. The largest absolute Gasteiger partial charge is 0.444 e. The summed E-state index contributed by atoms with van der Waals surface area (Å²) in [5.74, 6) is 0.993. The number of carbonyl (C=O) groups excluding carboxylic acids is 1. The van der Waals surface area contributed by atoms with Crippen LogP contribution in [0.2, 0.25) is 0 Å². The van der Waals surface area contributed by atoms with Gasteiger partial charge in [0.2, 0.25) is 0 Å². The summed E-state index contributed by atoms with van der Waals surface area (Å²) in [5.41, 5.74) is 0.899. The molecule has 1 fully saturated rings. The van der Waals surface area contributed by atoms with Gasteiger partial charge in [-0.15, -0.1) is 0 Å². The van der Waals surface area contributed by atoms with Crippen LogP contribution in [0.25, 0.3) is 0 Å². The lowest BCUT2D eigenvalue weighted by atomic mass is 10.2. The van der Waals surface area contributed by atoms with Crippen LogP contribution < -0.4 is 0 Å². The van der Waals surface area contributed by atoms with Gasteiger partial charge in [-0.2, -0.15) is 0 Å². The Hall–Kier alpha value is -0.770. The molecular weight excluding hydrogens is 282 g/mol. The summed E-state index contributed by atoms with van der Waals surface area (Å²) in [5, 5.41) is 0. The second-order valence-corrected chi connectivity index (χ2v) is 5.93. The predicted octanol–water partition coefficient (Wildman–Crippen LogP) is 3.61. The van der Waals surface area contributed by atoms with Gasteiger partial charge in [0, 0.05) is 18.2 Å². The molecular formula is C13H18BrNO2. The van der Waals surface area contributed by atoms with Crippen LogP contribution in [0.3, 0.4) is 0 Å². The Bertz CT molecular complexity index is 421. The molecule has 0 aromatic carbocycles. The predicted molar refractivity (Wildman–Crippen MR) is 70.0 cm³/mol. The van der Waals surface area contributed by atoms with Crippen molar-refractivity contribution in [3.05, 3.63) is 22.1 Å². The average molecular weight is 300 g/mol. The van der Waals surface area contributed by atoms with Gasteiger partial charge < -0.3 is 9.32 Å². The fraction of sp³-hybridized carbons (Fsp3) is 0.615. The number of rotatable bonds is 4. The average Bonchev–Trinajstić information content (AvgIpc) is 3.00. The van der Waals surface area contributed by atoms with Gasteiger partial charge in [0.05, 0.1) is 0 Å². The lowest BCUT2D eigenvalue weighted by Crippen LogP contribution is -2.36. The van der Waals surface area contributed by atoms with Gasteiger partial charge >= 0.3 is 0 Å². The minimum atomic E-state index is 0.0319. The molecule has 2 rings (SSSR count). The van der Waals surface area contributed by atoms with E-state index in [1.54, 1.807) is 0 Å². The molecule has 17 heavy (non-hydrogen) atoms. The monoisotopic (exact) mass is 299 g/mol. The van der Waals surface area contributed by atoms with Gasteiger partial charge in [-0.1, -0.05) is 13.8 Å². The molecule has 1 saturated carbocycles. The molecule has 1 aromatic heterocycles. The molecule has 0 bridgehead atoms. The molecule has 0 spiro atoms. The van der Waals surface area contributed by atoms with Crippen LogP contribution >= 0.6 is 15.9 Å². The van der Waals surface area contributed by atoms with E-state index in [0.717, 1.165) is 24.9 Å². The first-order valence-corrected chi connectivity index (χ1v) is 6.85. The molecule has 0 aliphatic heterocycles.